The quantitative estimate of drug-likeness (QED) is 0.864. The van der Waals surface area contributed by atoms with Crippen molar-refractivity contribution in [1.29, 1.82) is 0 Å². The predicted molar refractivity (Wildman–Crippen MR) is 92.0 cm³/mol. The number of carbonyl (C=O) groups excluding carboxylic acids is 1. The summed E-state index contributed by atoms with van der Waals surface area (Å²) in [7, 11) is 0. The van der Waals surface area contributed by atoms with Gasteiger partial charge in [-0.05, 0) is 32.3 Å². The predicted octanol–water partition coefficient (Wildman–Crippen LogP) is 3.23. The molecule has 4 nitrogen and oxygen atoms in total. The Kier molecular flexibility index (Phi) is 5.08. The standard InChI is InChI=1S/C18H22N2O2S/c1-13-17(23-14(2)19-13)18(21)20-10-11-22-16(12-20)9-8-15-6-4-3-5-7-15/h3-7,16H,8-12H2,1-2H3. The molecule has 0 radical (unpaired) electrons. The minimum atomic E-state index is 0.0983. The molecule has 1 aromatic heterocycles. The number of ether oxygens (including phenoxy) is 1. The molecule has 0 N–H and O–H groups in total. The van der Waals surface area contributed by atoms with Crippen LogP contribution >= 0.6 is 11.3 Å². The molecule has 1 atom stereocenters. The molecule has 0 saturated carbocycles. The summed E-state index contributed by atoms with van der Waals surface area (Å²) in [6.45, 7) is 5.79. The normalized spacial score (nSPS) is 18.2. The van der Waals surface area contributed by atoms with Crippen LogP contribution in [0.4, 0.5) is 0 Å². The molecule has 0 aliphatic carbocycles. The van der Waals surface area contributed by atoms with Crippen LogP contribution < -0.4 is 0 Å². The zero-order valence-electron chi connectivity index (χ0n) is 13.6. The fourth-order valence-corrected chi connectivity index (χ4v) is 3.81. The van der Waals surface area contributed by atoms with E-state index in [1.54, 1.807) is 0 Å². The van der Waals surface area contributed by atoms with Gasteiger partial charge in [-0.1, -0.05) is 30.3 Å². The van der Waals surface area contributed by atoms with E-state index in [4.69, 9.17) is 4.74 Å². The number of benzene rings is 1. The number of nitrogens with zero attached hydrogens (tertiary/aromatic N) is 2. The Balaban J connectivity index is 1.59. The van der Waals surface area contributed by atoms with Crippen LogP contribution in [0.15, 0.2) is 30.3 Å². The molecule has 1 fully saturated rings. The molecule has 0 bridgehead atoms. The van der Waals surface area contributed by atoms with Gasteiger partial charge in [0, 0.05) is 13.1 Å². The van der Waals surface area contributed by atoms with Gasteiger partial charge < -0.3 is 9.64 Å². The smallest absolute Gasteiger partial charge is 0.266 e. The van der Waals surface area contributed by atoms with E-state index in [0.717, 1.165) is 28.4 Å². The van der Waals surface area contributed by atoms with Crippen molar-refractivity contribution in [3.8, 4) is 0 Å². The lowest BCUT2D eigenvalue weighted by molar-refractivity contribution is -0.0244. The minimum Gasteiger partial charge on any atom is -0.375 e. The summed E-state index contributed by atoms with van der Waals surface area (Å²) < 4.78 is 5.85. The van der Waals surface area contributed by atoms with Gasteiger partial charge >= 0.3 is 0 Å². The third-order valence-electron chi connectivity index (χ3n) is 4.12. The highest BCUT2D eigenvalue weighted by Gasteiger charge is 2.27. The van der Waals surface area contributed by atoms with Crippen molar-refractivity contribution in [1.82, 2.24) is 9.88 Å². The highest BCUT2D eigenvalue weighted by Crippen LogP contribution is 2.21. The van der Waals surface area contributed by atoms with Gasteiger partial charge in [-0.3, -0.25) is 4.79 Å². The molecule has 1 unspecified atom stereocenters. The van der Waals surface area contributed by atoms with Crippen molar-refractivity contribution in [3.05, 3.63) is 51.5 Å². The Morgan fingerprint density at radius 1 is 1.35 bits per heavy atom. The Morgan fingerprint density at radius 3 is 2.83 bits per heavy atom. The van der Waals surface area contributed by atoms with E-state index >= 15 is 0 Å². The molecular weight excluding hydrogens is 308 g/mol. The number of aromatic nitrogens is 1. The van der Waals surface area contributed by atoms with E-state index in [9.17, 15) is 4.79 Å². The first kappa shape index (κ1) is 16.1. The number of thiazole rings is 1. The lowest BCUT2D eigenvalue weighted by Gasteiger charge is -2.33. The van der Waals surface area contributed by atoms with Gasteiger partial charge in [-0.15, -0.1) is 11.3 Å². The second-order valence-corrected chi connectivity index (χ2v) is 7.12. The summed E-state index contributed by atoms with van der Waals surface area (Å²) in [4.78, 5) is 19.7. The summed E-state index contributed by atoms with van der Waals surface area (Å²) in [6.07, 6.45) is 2.03. The van der Waals surface area contributed by atoms with Crippen LogP contribution in [0.25, 0.3) is 0 Å². The molecule has 1 amide bonds. The lowest BCUT2D eigenvalue weighted by Crippen LogP contribution is -2.45. The van der Waals surface area contributed by atoms with Crippen molar-refractivity contribution in [2.75, 3.05) is 19.7 Å². The van der Waals surface area contributed by atoms with Gasteiger partial charge in [0.15, 0.2) is 0 Å². The third-order valence-corrected chi connectivity index (χ3v) is 5.18. The molecule has 1 aliphatic heterocycles. The Labute approximate surface area is 141 Å². The minimum absolute atomic E-state index is 0.0983. The van der Waals surface area contributed by atoms with Gasteiger partial charge in [0.2, 0.25) is 0 Å². The Morgan fingerprint density at radius 2 is 2.13 bits per heavy atom. The lowest BCUT2D eigenvalue weighted by atomic mass is 10.1. The van der Waals surface area contributed by atoms with Crippen molar-refractivity contribution < 1.29 is 9.53 Å². The first-order valence-electron chi connectivity index (χ1n) is 8.02. The van der Waals surface area contributed by atoms with Crippen LogP contribution in [0, 0.1) is 13.8 Å². The highest BCUT2D eigenvalue weighted by atomic mass is 32.1. The first-order valence-corrected chi connectivity index (χ1v) is 8.84. The van der Waals surface area contributed by atoms with E-state index in [-0.39, 0.29) is 12.0 Å². The molecule has 2 heterocycles. The van der Waals surface area contributed by atoms with Crippen LogP contribution in [-0.2, 0) is 11.2 Å². The molecule has 0 spiro atoms. The summed E-state index contributed by atoms with van der Waals surface area (Å²) in [5.41, 5.74) is 2.15. The summed E-state index contributed by atoms with van der Waals surface area (Å²) in [6, 6.07) is 10.4. The third kappa shape index (κ3) is 3.98. The molecule has 3 rings (SSSR count). The number of amides is 1. The summed E-state index contributed by atoms with van der Waals surface area (Å²) in [5.74, 6) is 0.0983. The number of hydrogen-bond donors (Lipinski definition) is 0. The maximum absolute atomic E-state index is 12.7. The van der Waals surface area contributed by atoms with Gasteiger partial charge in [0.1, 0.15) is 4.88 Å². The summed E-state index contributed by atoms with van der Waals surface area (Å²) in [5, 5.41) is 0.944. The molecule has 122 valence electrons. The molecule has 23 heavy (non-hydrogen) atoms. The zero-order chi connectivity index (χ0) is 16.2. The maximum atomic E-state index is 12.7. The average Bonchev–Trinajstić information content (AvgIpc) is 2.92. The average molecular weight is 330 g/mol. The molecule has 1 aromatic carbocycles. The van der Waals surface area contributed by atoms with E-state index in [2.05, 4.69) is 29.2 Å². The second kappa shape index (κ2) is 7.23. The van der Waals surface area contributed by atoms with Crippen LogP contribution in [-0.4, -0.2) is 41.6 Å². The number of carbonyl (C=O) groups is 1. The topological polar surface area (TPSA) is 42.4 Å². The molecule has 1 saturated heterocycles. The van der Waals surface area contributed by atoms with Crippen LogP contribution in [0.1, 0.15) is 32.4 Å². The number of rotatable bonds is 4. The maximum Gasteiger partial charge on any atom is 0.266 e. The molecular formula is C18H22N2O2S. The molecule has 1 aliphatic rings. The van der Waals surface area contributed by atoms with Crippen molar-refractivity contribution in [2.45, 2.75) is 32.8 Å². The van der Waals surface area contributed by atoms with E-state index in [1.165, 1.54) is 16.9 Å². The Hall–Kier alpha value is -1.72. The summed E-state index contributed by atoms with van der Waals surface area (Å²) >= 11 is 1.48. The monoisotopic (exact) mass is 330 g/mol. The van der Waals surface area contributed by atoms with Crippen molar-refractivity contribution in [2.24, 2.45) is 0 Å². The number of morpholine rings is 1. The van der Waals surface area contributed by atoms with Crippen molar-refractivity contribution >= 4 is 17.2 Å². The van der Waals surface area contributed by atoms with E-state index in [0.29, 0.717) is 19.7 Å². The number of hydrogen-bond acceptors (Lipinski definition) is 4. The largest absolute Gasteiger partial charge is 0.375 e. The van der Waals surface area contributed by atoms with Crippen molar-refractivity contribution in [3.63, 3.8) is 0 Å². The fraction of sp³-hybridized carbons (Fsp3) is 0.444. The van der Waals surface area contributed by atoms with Gasteiger partial charge in [-0.25, -0.2) is 4.98 Å². The van der Waals surface area contributed by atoms with E-state index < -0.39 is 0 Å². The molecule has 5 heteroatoms. The van der Waals surface area contributed by atoms with Crippen LogP contribution in [0.5, 0.6) is 0 Å². The first-order chi connectivity index (χ1) is 11.1. The van der Waals surface area contributed by atoms with Crippen LogP contribution in [0.3, 0.4) is 0 Å². The fourth-order valence-electron chi connectivity index (χ4n) is 2.92. The number of aryl methyl sites for hydroxylation is 3. The van der Waals surface area contributed by atoms with E-state index in [1.807, 2.05) is 24.8 Å². The van der Waals surface area contributed by atoms with Crippen LogP contribution in [0.2, 0.25) is 0 Å². The SMILES string of the molecule is Cc1nc(C)c(C(=O)N2CCOC(CCc3ccccc3)C2)s1. The second-order valence-electron chi connectivity index (χ2n) is 5.92. The Bertz CT molecular complexity index is 669. The van der Waals surface area contributed by atoms with Gasteiger partial charge in [0.25, 0.3) is 5.91 Å². The van der Waals surface area contributed by atoms with Gasteiger partial charge in [0.05, 0.1) is 23.4 Å². The highest BCUT2D eigenvalue weighted by molar-refractivity contribution is 7.13. The molecule has 2 aromatic rings. The van der Waals surface area contributed by atoms with Gasteiger partial charge in [-0.2, -0.15) is 0 Å². The zero-order valence-corrected chi connectivity index (χ0v) is 14.4.